The summed E-state index contributed by atoms with van der Waals surface area (Å²) in [7, 11) is 0. The first-order chi connectivity index (χ1) is 16.2. The van der Waals surface area contributed by atoms with Gasteiger partial charge in [0.2, 0.25) is 5.82 Å². The highest BCUT2D eigenvalue weighted by Gasteiger charge is 2.19. The van der Waals surface area contributed by atoms with Gasteiger partial charge < -0.3 is 26.0 Å². The van der Waals surface area contributed by atoms with Crippen LogP contribution in [0.2, 0.25) is 5.02 Å². The number of anilines is 2. The molecule has 5 N–H and O–H groups in total. The molecular weight excluding hydrogens is 467 g/mol. The number of nitro groups is 1. The summed E-state index contributed by atoms with van der Waals surface area (Å²) >= 11 is 6.23. The second-order valence-corrected chi connectivity index (χ2v) is 8.05. The number of nitrogens with one attached hydrogen (secondary N) is 2. The molecule has 12 heteroatoms. The molecule has 0 bridgehead atoms. The van der Waals surface area contributed by atoms with Crippen molar-refractivity contribution in [2.45, 2.75) is 25.9 Å². The van der Waals surface area contributed by atoms with E-state index in [0.717, 1.165) is 0 Å². The summed E-state index contributed by atoms with van der Waals surface area (Å²) in [5.74, 6) is -0.638. The Hall–Kier alpha value is -3.70. The fraction of sp³-hybridized carbons (Fsp3) is 0.273. The summed E-state index contributed by atoms with van der Waals surface area (Å²) in [5.41, 5.74) is 6.72. The van der Waals surface area contributed by atoms with Crippen LogP contribution in [0, 0.1) is 15.9 Å². The molecule has 0 saturated heterocycles. The highest BCUT2D eigenvalue weighted by Crippen LogP contribution is 2.32. The number of amides is 1. The molecule has 180 valence electrons. The van der Waals surface area contributed by atoms with Crippen molar-refractivity contribution in [3.8, 4) is 11.1 Å². The average molecular weight is 491 g/mol. The number of aromatic nitrogens is 2. The third-order valence-corrected chi connectivity index (χ3v) is 5.31. The van der Waals surface area contributed by atoms with Gasteiger partial charge >= 0.3 is 5.69 Å². The first kappa shape index (κ1) is 24.9. The van der Waals surface area contributed by atoms with Crippen LogP contribution < -0.4 is 16.4 Å². The summed E-state index contributed by atoms with van der Waals surface area (Å²) in [4.78, 5) is 27.0. The summed E-state index contributed by atoms with van der Waals surface area (Å²) in [6, 6.07) is 6.27. The van der Waals surface area contributed by atoms with E-state index in [1.165, 1.54) is 30.3 Å². The van der Waals surface area contributed by atoms with Gasteiger partial charge in [0, 0.05) is 48.7 Å². The molecule has 0 unspecified atom stereocenters. The van der Waals surface area contributed by atoms with Gasteiger partial charge in [-0.15, -0.1) is 0 Å². The van der Waals surface area contributed by atoms with Crippen molar-refractivity contribution in [3.05, 3.63) is 69.2 Å². The van der Waals surface area contributed by atoms with Crippen LogP contribution in [-0.2, 0) is 6.54 Å². The lowest BCUT2D eigenvalue weighted by molar-refractivity contribution is -0.384. The molecule has 0 aliphatic carbocycles. The van der Waals surface area contributed by atoms with E-state index < -0.39 is 16.8 Å². The number of aliphatic hydroxyl groups excluding tert-OH is 1. The van der Waals surface area contributed by atoms with Crippen LogP contribution in [0.3, 0.4) is 0 Å². The molecule has 3 aromatic rings. The van der Waals surface area contributed by atoms with Crippen molar-refractivity contribution in [1.82, 2.24) is 14.9 Å². The van der Waals surface area contributed by atoms with Gasteiger partial charge in [0.1, 0.15) is 11.6 Å². The maximum Gasteiger partial charge on any atom is 0.311 e. The van der Waals surface area contributed by atoms with Gasteiger partial charge in [0.25, 0.3) is 5.91 Å². The average Bonchev–Trinajstić information content (AvgIpc) is 3.20. The van der Waals surface area contributed by atoms with E-state index in [9.17, 15) is 24.4 Å². The third-order valence-electron chi connectivity index (χ3n) is 5.00. The predicted molar refractivity (Wildman–Crippen MR) is 127 cm³/mol. The Morgan fingerprint density at radius 3 is 2.74 bits per heavy atom. The predicted octanol–water partition coefficient (Wildman–Crippen LogP) is 3.45. The lowest BCUT2D eigenvalue weighted by Crippen LogP contribution is -2.35. The van der Waals surface area contributed by atoms with Crippen molar-refractivity contribution >= 4 is 34.8 Å². The van der Waals surface area contributed by atoms with Crippen molar-refractivity contribution < 1.29 is 19.2 Å². The number of aliphatic hydroxyl groups is 1. The fourth-order valence-corrected chi connectivity index (χ4v) is 3.56. The minimum Gasteiger partial charge on any atom is -0.394 e. The zero-order valence-electron chi connectivity index (χ0n) is 18.3. The van der Waals surface area contributed by atoms with E-state index in [1.54, 1.807) is 19.3 Å². The first-order valence-corrected chi connectivity index (χ1v) is 10.8. The van der Waals surface area contributed by atoms with Crippen molar-refractivity contribution in [2.75, 3.05) is 24.2 Å². The molecule has 1 amide bonds. The van der Waals surface area contributed by atoms with Gasteiger partial charge in [-0.3, -0.25) is 14.9 Å². The molecule has 34 heavy (non-hydrogen) atoms. The summed E-state index contributed by atoms with van der Waals surface area (Å²) in [5, 5.41) is 26.0. The number of benzene rings is 1. The summed E-state index contributed by atoms with van der Waals surface area (Å²) in [6.45, 7) is 2.46. The van der Waals surface area contributed by atoms with E-state index in [-0.39, 0.29) is 29.0 Å². The van der Waals surface area contributed by atoms with Crippen LogP contribution in [-0.4, -0.2) is 44.7 Å². The molecular formula is C22H24ClFN6O4. The molecule has 2 heterocycles. The highest BCUT2D eigenvalue weighted by molar-refractivity contribution is 6.33. The van der Waals surface area contributed by atoms with Gasteiger partial charge in [0.15, 0.2) is 0 Å². The van der Waals surface area contributed by atoms with Crippen molar-refractivity contribution in [3.63, 3.8) is 0 Å². The Labute approximate surface area is 199 Å². The number of nitrogens with two attached hydrogens (primary N) is 1. The number of aryl methyl sites for hydroxylation is 1. The standard InChI is InChI=1S/C22H24ClFN6O4/c1-13(12-31)27-22(32)17-11-29(10-16(17)15-4-3-14(24)9-18(15)23)8-2-7-26-20-6-5-19(30(33)34)21(25)28-20/h3-6,9-11,13,31H,2,7-8,12H2,1H3,(H,27,32)(H3,25,26,28)/t13-/m0/s1. The topological polar surface area (TPSA) is 148 Å². The fourth-order valence-electron chi connectivity index (χ4n) is 3.29. The van der Waals surface area contributed by atoms with E-state index in [0.29, 0.717) is 42.0 Å². The van der Waals surface area contributed by atoms with Gasteiger partial charge in [-0.05, 0) is 37.6 Å². The molecule has 3 rings (SSSR count). The normalized spacial score (nSPS) is 11.8. The molecule has 1 atom stereocenters. The van der Waals surface area contributed by atoms with Gasteiger partial charge in [-0.1, -0.05) is 11.6 Å². The maximum absolute atomic E-state index is 13.5. The first-order valence-electron chi connectivity index (χ1n) is 10.4. The summed E-state index contributed by atoms with van der Waals surface area (Å²) in [6.07, 6.45) is 4.04. The lowest BCUT2D eigenvalue weighted by atomic mass is 10.0. The zero-order valence-corrected chi connectivity index (χ0v) is 19.1. The van der Waals surface area contributed by atoms with Crippen molar-refractivity contribution in [2.24, 2.45) is 0 Å². The van der Waals surface area contributed by atoms with E-state index >= 15 is 0 Å². The van der Waals surface area contributed by atoms with Crippen LogP contribution in [0.25, 0.3) is 11.1 Å². The van der Waals surface area contributed by atoms with E-state index in [4.69, 9.17) is 17.3 Å². The summed E-state index contributed by atoms with van der Waals surface area (Å²) < 4.78 is 15.3. The molecule has 0 aliphatic heterocycles. The van der Waals surface area contributed by atoms with Crippen LogP contribution in [0.4, 0.5) is 21.7 Å². The Bertz CT molecular complexity index is 1200. The van der Waals surface area contributed by atoms with Crippen LogP contribution in [0.5, 0.6) is 0 Å². The zero-order chi connectivity index (χ0) is 24.8. The van der Waals surface area contributed by atoms with E-state index in [2.05, 4.69) is 15.6 Å². The Kier molecular flexibility index (Phi) is 8.03. The Morgan fingerprint density at radius 1 is 1.32 bits per heavy atom. The number of halogens is 2. The van der Waals surface area contributed by atoms with Crippen LogP contribution >= 0.6 is 11.6 Å². The molecule has 1 aromatic carbocycles. The van der Waals surface area contributed by atoms with Gasteiger partial charge in [-0.25, -0.2) is 9.37 Å². The number of carbonyl (C=O) groups is 1. The van der Waals surface area contributed by atoms with Gasteiger partial charge in [0.05, 0.1) is 22.1 Å². The quantitative estimate of drug-likeness (QED) is 0.193. The second kappa shape index (κ2) is 10.9. The highest BCUT2D eigenvalue weighted by atomic mass is 35.5. The number of nitrogen functional groups attached to an aromatic ring is 1. The van der Waals surface area contributed by atoms with Crippen LogP contribution in [0.1, 0.15) is 23.7 Å². The molecule has 2 aromatic heterocycles. The minimum absolute atomic E-state index is 0.172. The molecule has 0 radical (unpaired) electrons. The SMILES string of the molecule is C[C@@H](CO)NC(=O)c1cn(CCCNc2ccc([N+](=O)[O-])c(N)n2)cc1-c1ccc(F)cc1Cl. The number of hydrogen-bond donors (Lipinski definition) is 4. The molecule has 10 nitrogen and oxygen atoms in total. The molecule has 0 saturated carbocycles. The largest absolute Gasteiger partial charge is 0.394 e. The second-order valence-electron chi connectivity index (χ2n) is 7.64. The van der Waals surface area contributed by atoms with Crippen LogP contribution in [0.15, 0.2) is 42.7 Å². The van der Waals surface area contributed by atoms with Gasteiger partial charge in [-0.2, -0.15) is 0 Å². The molecule has 0 aliphatic rings. The number of nitrogens with zero attached hydrogens (tertiary/aromatic N) is 3. The molecule has 0 fully saturated rings. The van der Waals surface area contributed by atoms with E-state index in [1.807, 2.05) is 4.57 Å². The third kappa shape index (κ3) is 6.00. The smallest absolute Gasteiger partial charge is 0.311 e. The molecule has 0 spiro atoms. The number of hydrogen-bond acceptors (Lipinski definition) is 7. The maximum atomic E-state index is 13.5. The number of carbonyl (C=O) groups excluding carboxylic acids is 1. The Balaban J connectivity index is 1.73. The van der Waals surface area contributed by atoms with Crippen molar-refractivity contribution in [1.29, 1.82) is 0 Å². The minimum atomic E-state index is -0.599. The monoisotopic (exact) mass is 490 g/mol. The Morgan fingerprint density at radius 2 is 2.09 bits per heavy atom. The number of rotatable bonds is 10. The number of pyridine rings is 1. The lowest BCUT2D eigenvalue weighted by Gasteiger charge is -2.11.